The summed E-state index contributed by atoms with van der Waals surface area (Å²) < 4.78 is 13.9. The fourth-order valence-corrected chi connectivity index (χ4v) is 6.79. The molecule has 1 amide bonds. The number of aliphatic hydroxyl groups is 1. The molecule has 4 fully saturated rings. The van der Waals surface area contributed by atoms with Gasteiger partial charge >= 0.3 is 5.97 Å². The van der Waals surface area contributed by atoms with Crippen molar-refractivity contribution in [3.05, 3.63) is 11.6 Å². The number of rotatable bonds is 12. The molecule has 2 bridgehead atoms. The van der Waals surface area contributed by atoms with Crippen molar-refractivity contribution in [3.8, 4) is 12.3 Å². The van der Waals surface area contributed by atoms with Gasteiger partial charge in [0.05, 0.1) is 18.3 Å². The van der Waals surface area contributed by atoms with Gasteiger partial charge in [0, 0.05) is 12.8 Å². The molecule has 2 aromatic rings. The van der Waals surface area contributed by atoms with Crippen LogP contribution in [0.1, 0.15) is 103 Å². The smallest absolute Gasteiger partial charge is 0.312 e. The van der Waals surface area contributed by atoms with Gasteiger partial charge in [0.25, 0.3) is 0 Å². The maximum absolute atomic E-state index is 13.5. The Morgan fingerprint density at radius 1 is 1.20 bits per heavy atom. The van der Waals surface area contributed by atoms with Crippen LogP contribution in [0, 0.1) is 23.7 Å². The van der Waals surface area contributed by atoms with Gasteiger partial charge in [-0.15, -0.1) is 6.42 Å². The number of unbranched alkanes of at least 4 members (excludes halogenated alkanes) is 5. The second-order valence-corrected chi connectivity index (χ2v) is 12.2. The van der Waals surface area contributed by atoms with Crippen molar-refractivity contribution in [2.45, 2.75) is 115 Å². The molecule has 3 atom stereocenters. The first-order valence-corrected chi connectivity index (χ1v) is 15.4. The summed E-state index contributed by atoms with van der Waals surface area (Å²) in [7, 11) is 0. The Labute approximate surface area is 245 Å². The predicted molar refractivity (Wildman–Crippen MR) is 154 cm³/mol. The number of amides is 1. The largest absolute Gasteiger partial charge is 0.457 e. The molecule has 6 rings (SSSR count). The lowest BCUT2D eigenvalue weighted by Crippen LogP contribution is -2.48. The van der Waals surface area contributed by atoms with E-state index in [1.54, 1.807) is 4.57 Å². The van der Waals surface area contributed by atoms with Crippen molar-refractivity contribution in [1.29, 1.82) is 0 Å². The minimum atomic E-state index is -1.51. The number of terminal acetylenes is 1. The summed E-state index contributed by atoms with van der Waals surface area (Å²) in [5.74, 6) is 3.05. The SMILES string of the molecule is C#C[C@]1(CO)O[C@@H](n2cnc3c(NC(=O)CCCCCCCC)nc(Cl)nc32)C[C@@H]1OC(=O)C12CCC(CC1)CC2. The number of anilines is 1. The highest BCUT2D eigenvalue weighted by molar-refractivity contribution is 6.28. The number of nitrogens with one attached hydrogen (secondary N) is 1. The van der Waals surface area contributed by atoms with Crippen LogP contribution in [-0.4, -0.2) is 54.8 Å². The Hall–Kier alpha value is -2.74. The lowest BCUT2D eigenvalue weighted by Gasteiger charge is -2.45. The van der Waals surface area contributed by atoms with Gasteiger partial charge in [-0.05, 0) is 62.5 Å². The zero-order chi connectivity index (χ0) is 29.0. The summed E-state index contributed by atoms with van der Waals surface area (Å²) in [5, 5.41) is 13.1. The van der Waals surface area contributed by atoms with E-state index in [1.807, 2.05) is 0 Å². The fourth-order valence-electron chi connectivity index (χ4n) is 6.62. The maximum atomic E-state index is 13.5. The second-order valence-electron chi connectivity index (χ2n) is 11.9. The van der Waals surface area contributed by atoms with Crippen LogP contribution in [0.25, 0.3) is 11.2 Å². The zero-order valence-corrected chi connectivity index (χ0v) is 24.5. The van der Waals surface area contributed by atoms with Crippen LogP contribution in [0.3, 0.4) is 0 Å². The molecule has 11 heteroatoms. The van der Waals surface area contributed by atoms with E-state index in [9.17, 15) is 14.7 Å². The molecule has 3 heterocycles. The van der Waals surface area contributed by atoms with E-state index >= 15 is 0 Å². The van der Waals surface area contributed by atoms with Crippen molar-refractivity contribution in [2.75, 3.05) is 11.9 Å². The molecule has 0 aromatic carbocycles. The van der Waals surface area contributed by atoms with Gasteiger partial charge in [-0.25, -0.2) is 4.98 Å². The normalized spacial score (nSPS) is 29.0. The third-order valence-electron chi connectivity index (χ3n) is 9.26. The van der Waals surface area contributed by atoms with Crippen molar-refractivity contribution in [1.82, 2.24) is 19.5 Å². The summed E-state index contributed by atoms with van der Waals surface area (Å²) in [6, 6.07) is 0. The van der Waals surface area contributed by atoms with Gasteiger partial charge in [0.1, 0.15) is 12.3 Å². The van der Waals surface area contributed by atoms with E-state index in [2.05, 4.69) is 33.1 Å². The minimum absolute atomic E-state index is 0.0625. The molecule has 4 aliphatic rings. The molecule has 2 aromatic heterocycles. The molecular formula is C30H40ClN5O5. The van der Waals surface area contributed by atoms with Crippen molar-refractivity contribution < 1.29 is 24.2 Å². The van der Waals surface area contributed by atoms with Crippen LogP contribution in [0.5, 0.6) is 0 Å². The molecule has 222 valence electrons. The summed E-state index contributed by atoms with van der Waals surface area (Å²) in [6.07, 6.45) is 18.4. The molecular weight excluding hydrogens is 546 g/mol. The average Bonchev–Trinajstić information content (AvgIpc) is 3.57. The number of halogens is 1. The standard InChI is InChI=1S/C30H40ClN5O5/c1-3-5-6-7-8-9-10-22(38)33-25-24-26(35-28(31)34-25)36(19-32-24)23-17-21(30(4-2,18-37)41-23)40-27(39)29-14-11-20(12-15-29)13-16-29/h2,19-21,23,37H,3,5-18H2,1H3,(H,33,34,35,38)/t20?,21-,23+,29?,30+/m0/s1. The third-order valence-corrected chi connectivity index (χ3v) is 9.43. The molecule has 41 heavy (non-hydrogen) atoms. The number of nitrogens with zero attached hydrogens (tertiary/aromatic N) is 4. The van der Waals surface area contributed by atoms with Gasteiger partial charge in [-0.2, -0.15) is 9.97 Å². The quantitative estimate of drug-likeness (QED) is 0.148. The van der Waals surface area contributed by atoms with Gasteiger partial charge in [-0.3, -0.25) is 14.2 Å². The van der Waals surface area contributed by atoms with Crippen LogP contribution in [-0.2, 0) is 19.1 Å². The second kappa shape index (κ2) is 12.6. The van der Waals surface area contributed by atoms with E-state index in [4.69, 9.17) is 27.5 Å². The highest BCUT2D eigenvalue weighted by Crippen LogP contribution is 2.52. The molecule has 0 unspecified atom stereocenters. The highest BCUT2D eigenvalue weighted by atomic mass is 35.5. The first-order chi connectivity index (χ1) is 19.8. The van der Waals surface area contributed by atoms with E-state index < -0.39 is 30.0 Å². The van der Waals surface area contributed by atoms with Gasteiger partial charge in [0.15, 0.2) is 22.6 Å². The monoisotopic (exact) mass is 585 g/mol. The van der Waals surface area contributed by atoms with E-state index in [1.165, 1.54) is 25.6 Å². The summed E-state index contributed by atoms with van der Waals surface area (Å²) in [5.41, 5.74) is -1.30. The molecule has 2 N–H and O–H groups in total. The van der Waals surface area contributed by atoms with Crippen molar-refractivity contribution in [3.63, 3.8) is 0 Å². The number of imidazole rings is 1. The van der Waals surface area contributed by atoms with E-state index in [0.717, 1.165) is 57.8 Å². The van der Waals surface area contributed by atoms with Crippen LogP contribution in [0.4, 0.5) is 5.82 Å². The number of esters is 1. The first-order valence-electron chi connectivity index (χ1n) is 15.0. The van der Waals surface area contributed by atoms with Crippen LogP contribution in [0.15, 0.2) is 6.33 Å². The Balaban J connectivity index is 1.30. The average molecular weight is 586 g/mol. The van der Waals surface area contributed by atoms with E-state index in [0.29, 0.717) is 23.5 Å². The fraction of sp³-hybridized carbons (Fsp3) is 0.700. The van der Waals surface area contributed by atoms with Crippen LogP contribution >= 0.6 is 11.6 Å². The number of ether oxygens (including phenoxy) is 2. The molecule has 3 aliphatic carbocycles. The van der Waals surface area contributed by atoms with E-state index in [-0.39, 0.29) is 29.4 Å². The van der Waals surface area contributed by atoms with Gasteiger partial charge in [0.2, 0.25) is 11.2 Å². The van der Waals surface area contributed by atoms with Gasteiger partial charge < -0.3 is 19.9 Å². The van der Waals surface area contributed by atoms with Gasteiger partial charge in [-0.1, -0.05) is 44.9 Å². The van der Waals surface area contributed by atoms with Crippen molar-refractivity contribution >= 4 is 40.5 Å². The lowest BCUT2D eigenvalue weighted by molar-refractivity contribution is -0.176. The third kappa shape index (κ3) is 6.08. The Bertz CT molecular complexity index is 1290. The maximum Gasteiger partial charge on any atom is 0.312 e. The topological polar surface area (TPSA) is 128 Å². The number of fused-ring (bicyclic) bond motifs is 4. The Morgan fingerprint density at radius 2 is 1.90 bits per heavy atom. The molecule has 0 radical (unpaired) electrons. The summed E-state index contributed by atoms with van der Waals surface area (Å²) in [6.45, 7) is 1.66. The molecule has 0 spiro atoms. The first kappa shape index (κ1) is 29.7. The Morgan fingerprint density at radius 3 is 2.59 bits per heavy atom. The zero-order valence-electron chi connectivity index (χ0n) is 23.7. The number of aromatic nitrogens is 4. The minimum Gasteiger partial charge on any atom is -0.457 e. The van der Waals surface area contributed by atoms with Crippen molar-refractivity contribution in [2.24, 2.45) is 11.3 Å². The summed E-state index contributed by atoms with van der Waals surface area (Å²) in [4.78, 5) is 39.1. The molecule has 3 saturated carbocycles. The summed E-state index contributed by atoms with van der Waals surface area (Å²) >= 11 is 6.25. The Kier molecular flexibility index (Phi) is 9.17. The number of carbonyl (C=O) groups excluding carboxylic acids is 2. The number of hydrogen-bond donors (Lipinski definition) is 2. The predicted octanol–water partition coefficient (Wildman–Crippen LogP) is 5.33. The lowest BCUT2D eigenvalue weighted by atomic mass is 9.61. The molecule has 10 nitrogen and oxygen atoms in total. The number of hydrogen-bond acceptors (Lipinski definition) is 8. The van der Waals surface area contributed by atoms with Crippen LogP contribution < -0.4 is 5.32 Å². The highest BCUT2D eigenvalue weighted by Gasteiger charge is 2.54. The molecule has 1 aliphatic heterocycles. The number of aliphatic hydroxyl groups excluding tert-OH is 1. The molecule has 1 saturated heterocycles. The number of carbonyl (C=O) groups is 2. The van der Waals surface area contributed by atoms with Crippen LogP contribution in [0.2, 0.25) is 5.28 Å².